The second kappa shape index (κ2) is 6.97. The van der Waals surface area contributed by atoms with E-state index in [1.54, 1.807) is 7.11 Å². The number of ether oxygens (including phenoxy) is 1. The Morgan fingerprint density at radius 1 is 1.19 bits per heavy atom. The summed E-state index contributed by atoms with van der Waals surface area (Å²) in [6, 6.07) is 12.8. The van der Waals surface area contributed by atoms with Crippen molar-refractivity contribution in [2.75, 3.05) is 7.11 Å². The van der Waals surface area contributed by atoms with Gasteiger partial charge < -0.3 is 4.74 Å². The molecule has 2 aromatic carbocycles. The van der Waals surface area contributed by atoms with Crippen molar-refractivity contribution in [3.05, 3.63) is 65.9 Å². The summed E-state index contributed by atoms with van der Waals surface area (Å²) in [6.07, 6.45) is 4.36. The van der Waals surface area contributed by atoms with E-state index in [1.165, 1.54) is 21.9 Å². The van der Waals surface area contributed by atoms with Crippen molar-refractivity contribution < 1.29 is 4.74 Å². The Morgan fingerprint density at radius 2 is 1.90 bits per heavy atom. The van der Waals surface area contributed by atoms with Crippen LogP contribution in [0.15, 0.2) is 60.4 Å². The van der Waals surface area contributed by atoms with E-state index < -0.39 is 0 Å². The average molecular weight is 278 g/mol. The summed E-state index contributed by atoms with van der Waals surface area (Å²) in [5.41, 5.74) is 6.63. The van der Waals surface area contributed by atoms with Gasteiger partial charge in [-0.15, -0.1) is 5.73 Å². The smallest absolute Gasteiger partial charge is 0.119 e. The minimum absolute atomic E-state index is 0.894. The maximum atomic E-state index is 5.28. The number of methoxy groups -OCH3 is 1. The molecule has 0 aliphatic rings. The van der Waals surface area contributed by atoms with Crippen LogP contribution in [0.4, 0.5) is 0 Å². The Hall–Kier alpha value is -2.24. The molecule has 0 heterocycles. The lowest BCUT2D eigenvalue weighted by Crippen LogP contribution is -1.87. The predicted molar refractivity (Wildman–Crippen MR) is 91.7 cm³/mol. The summed E-state index contributed by atoms with van der Waals surface area (Å²) in [5, 5.41) is 2.43. The Kier molecular flexibility index (Phi) is 5.03. The van der Waals surface area contributed by atoms with Crippen LogP contribution in [0.3, 0.4) is 0 Å². The topological polar surface area (TPSA) is 9.23 Å². The van der Waals surface area contributed by atoms with Gasteiger partial charge in [0.05, 0.1) is 7.11 Å². The van der Waals surface area contributed by atoms with Gasteiger partial charge in [0, 0.05) is 0 Å². The predicted octanol–water partition coefficient (Wildman–Crippen LogP) is 5.76. The summed E-state index contributed by atoms with van der Waals surface area (Å²) in [6.45, 7) is 7.95. The van der Waals surface area contributed by atoms with E-state index in [9.17, 15) is 0 Å². The van der Waals surface area contributed by atoms with Crippen LogP contribution in [0.2, 0.25) is 0 Å². The quantitative estimate of drug-likeness (QED) is 0.499. The van der Waals surface area contributed by atoms with E-state index in [4.69, 9.17) is 4.74 Å². The van der Waals surface area contributed by atoms with Crippen molar-refractivity contribution in [3.8, 4) is 5.75 Å². The van der Waals surface area contributed by atoms with E-state index in [1.807, 2.05) is 13.0 Å². The van der Waals surface area contributed by atoms with E-state index in [0.717, 1.165) is 24.2 Å². The third-order valence-corrected chi connectivity index (χ3v) is 3.61. The third-order valence-electron chi connectivity index (χ3n) is 3.61. The first-order chi connectivity index (χ1) is 10.2. The lowest BCUT2D eigenvalue weighted by atomic mass is 9.96. The van der Waals surface area contributed by atoms with E-state index in [0.29, 0.717) is 0 Å². The second-order valence-corrected chi connectivity index (χ2v) is 5.21. The first-order valence-corrected chi connectivity index (χ1v) is 7.33. The molecule has 0 spiro atoms. The Balaban J connectivity index is 2.49. The molecule has 21 heavy (non-hydrogen) atoms. The number of rotatable bonds is 5. The molecule has 0 aromatic heterocycles. The van der Waals surface area contributed by atoms with Crippen LogP contribution in [-0.4, -0.2) is 7.11 Å². The highest BCUT2D eigenvalue weighted by Gasteiger charge is 2.04. The van der Waals surface area contributed by atoms with Gasteiger partial charge in [-0.05, 0) is 65.1 Å². The molecule has 0 radical (unpaired) electrons. The molecule has 0 bridgehead atoms. The summed E-state index contributed by atoms with van der Waals surface area (Å²) in [4.78, 5) is 0. The summed E-state index contributed by atoms with van der Waals surface area (Å²) in [7, 11) is 1.70. The number of hydrogen-bond acceptors (Lipinski definition) is 1. The zero-order valence-corrected chi connectivity index (χ0v) is 13.1. The molecule has 0 aliphatic carbocycles. The van der Waals surface area contributed by atoms with Crippen LogP contribution >= 0.6 is 0 Å². The molecule has 108 valence electrons. The number of fused-ring (bicyclic) bond motifs is 1. The first kappa shape index (κ1) is 15.2. The average Bonchev–Trinajstić information content (AvgIpc) is 2.53. The van der Waals surface area contributed by atoms with Crippen molar-refractivity contribution >= 4 is 16.3 Å². The van der Waals surface area contributed by atoms with Crippen molar-refractivity contribution in [1.29, 1.82) is 0 Å². The molecule has 0 amide bonds. The van der Waals surface area contributed by atoms with Crippen LogP contribution in [0.1, 0.15) is 32.3 Å². The molecule has 2 rings (SSSR count). The molecule has 0 atom stereocenters. The molecule has 1 nitrogen and oxygen atoms in total. The van der Waals surface area contributed by atoms with E-state index >= 15 is 0 Å². The van der Waals surface area contributed by atoms with Gasteiger partial charge in [-0.1, -0.05) is 38.1 Å². The fourth-order valence-corrected chi connectivity index (χ4v) is 2.43. The van der Waals surface area contributed by atoms with Gasteiger partial charge in [0.25, 0.3) is 0 Å². The summed E-state index contributed by atoms with van der Waals surface area (Å²) in [5.74, 6) is 0.894. The number of hydrogen-bond donors (Lipinski definition) is 0. The van der Waals surface area contributed by atoms with Crippen LogP contribution in [0.5, 0.6) is 5.75 Å². The van der Waals surface area contributed by atoms with Crippen molar-refractivity contribution in [2.45, 2.75) is 26.7 Å². The lowest BCUT2D eigenvalue weighted by molar-refractivity contribution is 0.415. The third kappa shape index (κ3) is 3.65. The Bertz CT molecular complexity index is 716. The van der Waals surface area contributed by atoms with Crippen LogP contribution in [0, 0.1) is 0 Å². The zero-order valence-electron chi connectivity index (χ0n) is 13.1. The molecular formula is C20H22O. The van der Waals surface area contributed by atoms with Gasteiger partial charge in [0.2, 0.25) is 0 Å². The van der Waals surface area contributed by atoms with Crippen LogP contribution in [0.25, 0.3) is 16.3 Å². The van der Waals surface area contributed by atoms with Crippen molar-refractivity contribution in [3.63, 3.8) is 0 Å². The van der Waals surface area contributed by atoms with E-state index in [2.05, 4.69) is 55.6 Å². The molecule has 0 unspecified atom stereocenters. The maximum absolute atomic E-state index is 5.28. The highest BCUT2D eigenvalue weighted by Crippen LogP contribution is 2.27. The minimum atomic E-state index is 0.894. The summed E-state index contributed by atoms with van der Waals surface area (Å²) < 4.78 is 5.28. The monoisotopic (exact) mass is 278 g/mol. The first-order valence-electron chi connectivity index (χ1n) is 7.33. The Labute approximate surface area is 127 Å². The molecule has 0 N–H and O–H groups in total. The van der Waals surface area contributed by atoms with E-state index in [-0.39, 0.29) is 0 Å². The number of benzene rings is 2. The standard InChI is InChI=1S/C20H22O/c1-5-7-16(12-15(3)6-2)17-8-9-19-14-20(21-4)11-10-18(19)13-17/h8-14H,2,5,7H2,1,3-4H3/b16-12+. The largest absolute Gasteiger partial charge is 0.497 e. The molecule has 2 aromatic rings. The van der Waals surface area contributed by atoms with Gasteiger partial charge in [-0.2, -0.15) is 0 Å². The molecule has 0 aliphatic heterocycles. The van der Waals surface area contributed by atoms with Crippen LogP contribution < -0.4 is 4.74 Å². The minimum Gasteiger partial charge on any atom is -0.497 e. The number of allylic oxidation sites excluding steroid dienone is 3. The highest BCUT2D eigenvalue weighted by molar-refractivity contribution is 5.87. The van der Waals surface area contributed by atoms with Gasteiger partial charge in [-0.25, -0.2) is 0 Å². The molecule has 0 saturated heterocycles. The van der Waals surface area contributed by atoms with Gasteiger partial charge in [-0.3, -0.25) is 0 Å². The molecule has 1 heteroatoms. The molecule has 0 saturated carbocycles. The molecule has 0 fully saturated rings. The van der Waals surface area contributed by atoms with Gasteiger partial charge in [0.15, 0.2) is 0 Å². The van der Waals surface area contributed by atoms with Gasteiger partial charge in [0.1, 0.15) is 5.75 Å². The Morgan fingerprint density at radius 3 is 2.57 bits per heavy atom. The fourth-order valence-electron chi connectivity index (χ4n) is 2.43. The maximum Gasteiger partial charge on any atom is 0.119 e. The summed E-state index contributed by atoms with van der Waals surface area (Å²) >= 11 is 0. The van der Waals surface area contributed by atoms with Crippen molar-refractivity contribution in [1.82, 2.24) is 0 Å². The van der Waals surface area contributed by atoms with Gasteiger partial charge >= 0.3 is 0 Å². The lowest BCUT2D eigenvalue weighted by Gasteiger charge is -2.09. The fraction of sp³-hybridized carbons (Fsp3) is 0.250. The normalized spacial score (nSPS) is 11.3. The van der Waals surface area contributed by atoms with Crippen molar-refractivity contribution in [2.24, 2.45) is 0 Å². The SMILES string of the molecule is C=C=C(C)/C=C(\CCC)c1ccc2cc(OC)ccc2c1. The van der Waals surface area contributed by atoms with Crippen LogP contribution in [-0.2, 0) is 0 Å². The molecular weight excluding hydrogens is 256 g/mol. The second-order valence-electron chi connectivity index (χ2n) is 5.21. The highest BCUT2D eigenvalue weighted by atomic mass is 16.5. The zero-order chi connectivity index (χ0) is 15.2.